The zero-order chi connectivity index (χ0) is 9.26. The minimum Gasteiger partial charge on any atom is -0.399 e. The first kappa shape index (κ1) is 7.67. The van der Waals surface area contributed by atoms with Crippen molar-refractivity contribution in [3.05, 3.63) is 30.1 Å². The van der Waals surface area contributed by atoms with Gasteiger partial charge in [0.1, 0.15) is 5.69 Å². The fraction of sp³-hybridized carbons (Fsp3) is 0. The topological polar surface area (TPSA) is 68.9 Å². The highest BCUT2D eigenvalue weighted by Crippen LogP contribution is 2.17. The molecule has 0 saturated carbocycles. The van der Waals surface area contributed by atoms with Gasteiger partial charge >= 0.3 is 0 Å². The summed E-state index contributed by atoms with van der Waals surface area (Å²) in [5.41, 5.74) is 6.52. The highest BCUT2D eigenvalue weighted by atomic mass is 16.1. The zero-order valence-electron chi connectivity index (χ0n) is 6.77. The third kappa shape index (κ3) is 1.22. The van der Waals surface area contributed by atoms with E-state index < -0.39 is 0 Å². The zero-order valence-corrected chi connectivity index (χ0v) is 6.77. The lowest BCUT2D eigenvalue weighted by Gasteiger charge is -1.99. The number of carbonyl (C=O) groups excluding carboxylic acids is 1. The van der Waals surface area contributed by atoms with Gasteiger partial charge in [-0.05, 0) is 12.1 Å². The lowest BCUT2D eigenvalue weighted by atomic mass is 10.1. The molecule has 4 nitrogen and oxygen atoms in total. The smallest absolute Gasteiger partial charge is 0.170 e. The maximum Gasteiger partial charge on any atom is 0.170 e. The Bertz CT molecular complexity index is 467. The normalized spacial score (nSPS) is 10.2. The SMILES string of the molecule is Nc1ccc2cnnc(C=O)c2c1. The molecule has 2 aromatic rings. The van der Waals surface area contributed by atoms with Crippen molar-refractivity contribution in [1.82, 2.24) is 10.2 Å². The van der Waals surface area contributed by atoms with Gasteiger partial charge in [0.15, 0.2) is 6.29 Å². The minimum absolute atomic E-state index is 0.324. The van der Waals surface area contributed by atoms with Crippen LogP contribution in [0.1, 0.15) is 10.5 Å². The molecule has 0 aliphatic carbocycles. The van der Waals surface area contributed by atoms with Gasteiger partial charge in [0.05, 0.1) is 6.20 Å². The van der Waals surface area contributed by atoms with Gasteiger partial charge in [-0.15, -0.1) is 5.10 Å². The fourth-order valence-electron chi connectivity index (χ4n) is 1.20. The van der Waals surface area contributed by atoms with E-state index in [0.717, 1.165) is 10.8 Å². The predicted octanol–water partition coefficient (Wildman–Crippen LogP) is 1.02. The molecule has 2 rings (SSSR count). The van der Waals surface area contributed by atoms with Crippen LogP contribution in [0.3, 0.4) is 0 Å². The number of nitrogens with two attached hydrogens (primary N) is 1. The summed E-state index contributed by atoms with van der Waals surface area (Å²) in [5.74, 6) is 0. The highest BCUT2D eigenvalue weighted by molar-refractivity contribution is 5.96. The van der Waals surface area contributed by atoms with Crippen LogP contribution in [0.15, 0.2) is 24.4 Å². The largest absolute Gasteiger partial charge is 0.399 e. The maximum absolute atomic E-state index is 10.6. The molecule has 0 amide bonds. The molecule has 13 heavy (non-hydrogen) atoms. The Kier molecular flexibility index (Phi) is 1.66. The average Bonchev–Trinajstić information content (AvgIpc) is 2.17. The summed E-state index contributed by atoms with van der Waals surface area (Å²) in [5, 5.41) is 8.99. The molecular weight excluding hydrogens is 166 g/mol. The van der Waals surface area contributed by atoms with Gasteiger partial charge in [-0.25, -0.2) is 0 Å². The van der Waals surface area contributed by atoms with E-state index >= 15 is 0 Å². The second-order valence-electron chi connectivity index (χ2n) is 2.69. The molecule has 0 aliphatic rings. The number of aldehydes is 1. The maximum atomic E-state index is 10.6. The summed E-state index contributed by atoms with van der Waals surface area (Å²) in [4.78, 5) is 10.6. The molecule has 0 unspecified atom stereocenters. The first-order chi connectivity index (χ1) is 6.31. The van der Waals surface area contributed by atoms with Crippen LogP contribution in [-0.4, -0.2) is 16.5 Å². The lowest BCUT2D eigenvalue weighted by molar-refractivity contribution is 0.112. The van der Waals surface area contributed by atoms with Gasteiger partial charge in [-0.3, -0.25) is 4.79 Å². The van der Waals surface area contributed by atoms with E-state index in [0.29, 0.717) is 17.7 Å². The molecule has 0 fully saturated rings. The number of nitrogens with zero attached hydrogens (tertiary/aromatic N) is 2. The lowest BCUT2D eigenvalue weighted by Crippen LogP contribution is -1.93. The van der Waals surface area contributed by atoms with Gasteiger partial charge in [0, 0.05) is 16.5 Å². The van der Waals surface area contributed by atoms with E-state index in [9.17, 15) is 4.79 Å². The van der Waals surface area contributed by atoms with Crippen molar-refractivity contribution in [3.63, 3.8) is 0 Å². The molecule has 0 radical (unpaired) electrons. The van der Waals surface area contributed by atoms with Crippen LogP contribution in [-0.2, 0) is 0 Å². The third-order valence-electron chi connectivity index (χ3n) is 1.83. The number of anilines is 1. The summed E-state index contributed by atoms with van der Waals surface area (Å²) in [6.45, 7) is 0. The number of benzene rings is 1. The average molecular weight is 173 g/mol. The number of nitrogen functional groups attached to an aromatic ring is 1. The number of hydrogen-bond acceptors (Lipinski definition) is 4. The second-order valence-corrected chi connectivity index (χ2v) is 2.69. The van der Waals surface area contributed by atoms with Gasteiger partial charge in [0.2, 0.25) is 0 Å². The van der Waals surface area contributed by atoms with Crippen molar-refractivity contribution in [2.45, 2.75) is 0 Å². The molecule has 0 spiro atoms. The minimum atomic E-state index is 0.324. The van der Waals surface area contributed by atoms with Crippen molar-refractivity contribution >= 4 is 22.7 Å². The molecule has 0 aliphatic heterocycles. The Morgan fingerprint density at radius 2 is 2.23 bits per heavy atom. The number of fused-ring (bicyclic) bond motifs is 1. The first-order valence-electron chi connectivity index (χ1n) is 3.77. The molecular formula is C9H7N3O. The summed E-state index contributed by atoms with van der Waals surface area (Å²) < 4.78 is 0. The third-order valence-corrected chi connectivity index (χ3v) is 1.83. The fourth-order valence-corrected chi connectivity index (χ4v) is 1.20. The van der Waals surface area contributed by atoms with Crippen LogP contribution in [0.4, 0.5) is 5.69 Å². The van der Waals surface area contributed by atoms with E-state index in [4.69, 9.17) is 5.73 Å². The monoisotopic (exact) mass is 173 g/mol. The van der Waals surface area contributed by atoms with E-state index in [1.165, 1.54) is 0 Å². The molecule has 0 atom stereocenters. The number of aromatic nitrogens is 2. The van der Waals surface area contributed by atoms with Crippen LogP contribution >= 0.6 is 0 Å². The predicted molar refractivity (Wildman–Crippen MR) is 49.3 cm³/mol. The first-order valence-corrected chi connectivity index (χ1v) is 3.77. The molecule has 1 aromatic heterocycles. The summed E-state index contributed by atoms with van der Waals surface area (Å²) in [7, 11) is 0. The number of carbonyl (C=O) groups is 1. The molecule has 1 heterocycles. The molecule has 4 heteroatoms. The van der Waals surface area contributed by atoms with E-state index in [1.807, 2.05) is 6.07 Å². The van der Waals surface area contributed by atoms with E-state index in [1.54, 1.807) is 18.3 Å². The summed E-state index contributed by atoms with van der Waals surface area (Å²) in [6, 6.07) is 5.29. The number of rotatable bonds is 1. The van der Waals surface area contributed by atoms with Crippen molar-refractivity contribution in [2.75, 3.05) is 5.73 Å². The quantitative estimate of drug-likeness (QED) is 0.516. The Hall–Kier alpha value is -1.97. The molecule has 0 saturated heterocycles. The van der Waals surface area contributed by atoms with Crippen molar-refractivity contribution in [1.29, 1.82) is 0 Å². The summed E-state index contributed by atoms with van der Waals surface area (Å²) >= 11 is 0. The van der Waals surface area contributed by atoms with Crippen LogP contribution in [0.2, 0.25) is 0 Å². The van der Waals surface area contributed by atoms with Crippen LogP contribution < -0.4 is 5.73 Å². The van der Waals surface area contributed by atoms with Crippen LogP contribution in [0.25, 0.3) is 10.8 Å². The highest BCUT2D eigenvalue weighted by Gasteiger charge is 2.01. The molecule has 2 N–H and O–H groups in total. The van der Waals surface area contributed by atoms with Gasteiger partial charge < -0.3 is 5.73 Å². The van der Waals surface area contributed by atoms with E-state index in [-0.39, 0.29) is 0 Å². The summed E-state index contributed by atoms with van der Waals surface area (Å²) in [6.07, 6.45) is 2.27. The van der Waals surface area contributed by atoms with Crippen molar-refractivity contribution in [3.8, 4) is 0 Å². The van der Waals surface area contributed by atoms with E-state index in [2.05, 4.69) is 10.2 Å². The van der Waals surface area contributed by atoms with Gasteiger partial charge in [-0.1, -0.05) is 6.07 Å². The van der Waals surface area contributed by atoms with Crippen LogP contribution in [0.5, 0.6) is 0 Å². The Morgan fingerprint density at radius 1 is 1.38 bits per heavy atom. The second kappa shape index (κ2) is 2.82. The Morgan fingerprint density at radius 3 is 3.00 bits per heavy atom. The number of hydrogen-bond donors (Lipinski definition) is 1. The Labute approximate surface area is 74.4 Å². The van der Waals surface area contributed by atoms with Crippen LogP contribution in [0, 0.1) is 0 Å². The Balaban J connectivity index is 2.86. The molecule has 0 bridgehead atoms. The van der Waals surface area contributed by atoms with Crippen molar-refractivity contribution < 1.29 is 4.79 Å². The van der Waals surface area contributed by atoms with Gasteiger partial charge in [0.25, 0.3) is 0 Å². The molecule has 64 valence electrons. The standard InChI is InChI=1S/C9H7N3O/c10-7-2-1-6-4-11-12-9(5-13)8(6)3-7/h1-5H,10H2. The molecule has 1 aromatic carbocycles. The van der Waals surface area contributed by atoms with Gasteiger partial charge in [-0.2, -0.15) is 5.10 Å². The van der Waals surface area contributed by atoms with Crippen molar-refractivity contribution in [2.24, 2.45) is 0 Å².